The molecule has 0 aliphatic carbocycles. The van der Waals surface area contributed by atoms with Gasteiger partial charge >= 0.3 is 0 Å². The van der Waals surface area contributed by atoms with Gasteiger partial charge in [0.25, 0.3) is 6.43 Å². The molecule has 3 nitrogen and oxygen atoms in total. The van der Waals surface area contributed by atoms with Crippen LogP contribution in [0.25, 0.3) is 0 Å². The first-order valence-electron chi connectivity index (χ1n) is 4.79. The molecule has 1 aromatic rings. The molecule has 0 radical (unpaired) electrons. The van der Waals surface area contributed by atoms with Crippen LogP contribution >= 0.6 is 0 Å². The molecule has 0 bridgehead atoms. The first kappa shape index (κ1) is 12.6. The number of hydrogen-bond donors (Lipinski definition) is 2. The number of aliphatic hydroxyl groups excluding tert-OH is 1. The average Bonchev–Trinajstić information content (AvgIpc) is 2.29. The third-order valence-electron chi connectivity index (χ3n) is 2.06. The zero-order chi connectivity index (χ0) is 12.0. The molecule has 5 heteroatoms. The molecule has 0 saturated heterocycles. The quantitative estimate of drug-likeness (QED) is 0.795. The molecule has 0 spiro atoms. The fourth-order valence-corrected chi connectivity index (χ4v) is 1.15. The third kappa shape index (κ3) is 3.93. The molecule has 86 valence electrons. The Bertz CT molecular complexity index is 359. The van der Waals surface area contributed by atoms with Crippen LogP contribution in [0.2, 0.25) is 0 Å². The third-order valence-corrected chi connectivity index (χ3v) is 2.06. The lowest BCUT2D eigenvalue weighted by Gasteiger charge is -2.10. The van der Waals surface area contributed by atoms with Crippen LogP contribution in [0.4, 0.5) is 8.78 Å². The summed E-state index contributed by atoms with van der Waals surface area (Å²) < 4.78 is 23.9. The van der Waals surface area contributed by atoms with E-state index < -0.39 is 12.5 Å². The summed E-state index contributed by atoms with van der Waals surface area (Å²) in [6, 6.07) is 8.76. The number of hydrogen-bond acceptors (Lipinski definition) is 3. The molecule has 0 heterocycles. The van der Waals surface area contributed by atoms with Crippen LogP contribution in [0.5, 0.6) is 0 Å². The van der Waals surface area contributed by atoms with E-state index in [0.29, 0.717) is 12.1 Å². The second-order valence-corrected chi connectivity index (χ2v) is 3.34. The topological polar surface area (TPSA) is 56.0 Å². The van der Waals surface area contributed by atoms with E-state index in [1.807, 2.05) is 6.07 Å². The normalized spacial score (nSPS) is 12.4. The van der Waals surface area contributed by atoms with Gasteiger partial charge in [-0.3, -0.25) is 0 Å². The van der Waals surface area contributed by atoms with Crippen molar-refractivity contribution in [3.8, 4) is 6.07 Å². The van der Waals surface area contributed by atoms with Crippen LogP contribution in [-0.2, 0) is 6.54 Å². The fraction of sp³-hybridized carbons (Fsp3) is 0.364. The highest BCUT2D eigenvalue weighted by Gasteiger charge is 2.15. The van der Waals surface area contributed by atoms with Crippen molar-refractivity contribution in [2.75, 3.05) is 6.54 Å². The minimum Gasteiger partial charge on any atom is -0.386 e. The number of benzene rings is 1. The van der Waals surface area contributed by atoms with Crippen LogP contribution in [0.1, 0.15) is 11.1 Å². The van der Waals surface area contributed by atoms with Gasteiger partial charge < -0.3 is 10.4 Å². The van der Waals surface area contributed by atoms with Gasteiger partial charge in [-0.25, -0.2) is 8.78 Å². The van der Waals surface area contributed by atoms with Gasteiger partial charge in [-0.05, 0) is 17.7 Å². The summed E-state index contributed by atoms with van der Waals surface area (Å²) in [4.78, 5) is 0. The molecule has 0 aliphatic rings. The first-order chi connectivity index (χ1) is 7.63. The van der Waals surface area contributed by atoms with E-state index in [2.05, 4.69) is 5.32 Å². The van der Waals surface area contributed by atoms with E-state index in [1.165, 1.54) is 0 Å². The Morgan fingerprint density at radius 3 is 2.44 bits per heavy atom. The lowest BCUT2D eigenvalue weighted by atomic mass is 10.1. The van der Waals surface area contributed by atoms with E-state index in [1.54, 1.807) is 24.3 Å². The largest absolute Gasteiger partial charge is 0.386 e. The van der Waals surface area contributed by atoms with E-state index in [-0.39, 0.29) is 6.54 Å². The molecule has 0 aliphatic heterocycles. The van der Waals surface area contributed by atoms with Gasteiger partial charge in [0.05, 0.1) is 11.6 Å². The Morgan fingerprint density at radius 2 is 1.94 bits per heavy atom. The number of nitriles is 1. The minimum absolute atomic E-state index is 0.155. The Balaban J connectivity index is 2.35. The summed E-state index contributed by atoms with van der Waals surface area (Å²) >= 11 is 0. The van der Waals surface area contributed by atoms with Crippen molar-refractivity contribution >= 4 is 0 Å². The smallest absolute Gasteiger partial charge is 0.265 e. The molecule has 16 heavy (non-hydrogen) atoms. The fourth-order valence-electron chi connectivity index (χ4n) is 1.15. The number of halogens is 2. The Morgan fingerprint density at radius 1 is 1.31 bits per heavy atom. The maximum absolute atomic E-state index is 11.9. The van der Waals surface area contributed by atoms with Crippen molar-refractivity contribution in [1.29, 1.82) is 5.26 Å². The SMILES string of the molecule is N#Cc1ccc(CNCC(O)C(F)F)cc1. The number of alkyl halides is 2. The molecule has 0 fully saturated rings. The number of nitrogens with zero attached hydrogens (tertiary/aromatic N) is 1. The van der Waals surface area contributed by atoms with Gasteiger partial charge in [0.2, 0.25) is 0 Å². The first-order valence-corrected chi connectivity index (χ1v) is 4.79. The summed E-state index contributed by atoms with van der Waals surface area (Å²) in [5.74, 6) is 0. The highest BCUT2D eigenvalue weighted by molar-refractivity contribution is 5.31. The molecule has 0 saturated carbocycles. The summed E-state index contributed by atoms with van der Waals surface area (Å²) in [5, 5.41) is 20.1. The highest BCUT2D eigenvalue weighted by atomic mass is 19.3. The monoisotopic (exact) mass is 226 g/mol. The lowest BCUT2D eigenvalue weighted by Crippen LogP contribution is -2.31. The summed E-state index contributed by atoms with van der Waals surface area (Å²) in [6.45, 7) is 0.229. The van der Waals surface area contributed by atoms with E-state index >= 15 is 0 Å². The van der Waals surface area contributed by atoms with Crippen molar-refractivity contribution < 1.29 is 13.9 Å². The minimum atomic E-state index is -2.73. The Kier molecular flexibility index (Phi) is 4.83. The predicted molar refractivity (Wildman–Crippen MR) is 54.9 cm³/mol. The maximum atomic E-state index is 11.9. The van der Waals surface area contributed by atoms with Gasteiger partial charge in [0.15, 0.2) is 0 Å². The highest BCUT2D eigenvalue weighted by Crippen LogP contribution is 2.03. The van der Waals surface area contributed by atoms with Gasteiger partial charge in [0.1, 0.15) is 6.10 Å². The van der Waals surface area contributed by atoms with Crippen molar-refractivity contribution in [3.05, 3.63) is 35.4 Å². The second kappa shape index (κ2) is 6.16. The molecule has 0 amide bonds. The van der Waals surface area contributed by atoms with E-state index in [9.17, 15) is 8.78 Å². The number of aliphatic hydroxyl groups is 1. The molecule has 1 unspecified atom stereocenters. The van der Waals surface area contributed by atoms with Crippen molar-refractivity contribution in [3.63, 3.8) is 0 Å². The van der Waals surface area contributed by atoms with Crippen LogP contribution in [0, 0.1) is 11.3 Å². The molecular weight excluding hydrogens is 214 g/mol. The van der Waals surface area contributed by atoms with E-state index in [0.717, 1.165) is 5.56 Å². The van der Waals surface area contributed by atoms with Crippen LogP contribution in [0.3, 0.4) is 0 Å². The summed E-state index contributed by atoms with van der Waals surface area (Å²) in [7, 11) is 0. The Hall–Kier alpha value is -1.51. The average molecular weight is 226 g/mol. The standard InChI is InChI=1S/C11H12F2N2O/c12-11(13)10(16)7-15-6-9-3-1-8(5-14)2-4-9/h1-4,10-11,15-16H,6-7H2. The molecular formula is C11H12F2N2O. The number of rotatable bonds is 5. The van der Waals surface area contributed by atoms with E-state index in [4.69, 9.17) is 10.4 Å². The van der Waals surface area contributed by atoms with Gasteiger partial charge in [0, 0.05) is 13.1 Å². The maximum Gasteiger partial charge on any atom is 0.265 e. The second-order valence-electron chi connectivity index (χ2n) is 3.34. The number of nitrogens with one attached hydrogen (secondary N) is 1. The van der Waals surface area contributed by atoms with Gasteiger partial charge in [-0.15, -0.1) is 0 Å². The molecule has 2 N–H and O–H groups in total. The molecule has 1 rings (SSSR count). The summed E-state index contributed by atoms with van der Waals surface area (Å²) in [5.41, 5.74) is 1.43. The summed E-state index contributed by atoms with van der Waals surface area (Å²) in [6.07, 6.45) is -4.37. The van der Waals surface area contributed by atoms with Crippen LogP contribution < -0.4 is 5.32 Å². The Labute approximate surface area is 92.3 Å². The molecule has 1 aromatic carbocycles. The van der Waals surface area contributed by atoms with Crippen molar-refractivity contribution in [2.24, 2.45) is 0 Å². The van der Waals surface area contributed by atoms with Crippen molar-refractivity contribution in [1.82, 2.24) is 5.32 Å². The molecule has 1 atom stereocenters. The predicted octanol–water partition coefficient (Wildman–Crippen LogP) is 1.27. The lowest BCUT2D eigenvalue weighted by molar-refractivity contribution is -0.00340. The zero-order valence-corrected chi connectivity index (χ0v) is 8.53. The van der Waals surface area contributed by atoms with Gasteiger partial charge in [-0.1, -0.05) is 12.1 Å². The van der Waals surface area contributed by atoms with Crippen LogP contribution in [-0.4, -0.2) is 24.2 Å². The zero-order valence-electron chi connectivity index (χ0n) is 8.53. The van der Waals surface area contributed by atoms with Gasteiger partial charge in [-0.2, -0.15) is 5.26 Å². The molecule has 0 aromatic heterocycles. The van der Waals surface area contributed by atoms with Crippen LogP contribution in [0.15, 0.2) is 24.3 Å². The van der Waals surface area contributed by atoms with Crippen molar-refractivity contribution in [2.45, 2.75) is 19.1 Å².